The summed E-state index contributed by atoms with van der Waals surface area (Å²) >= 11 is 11.6. The van der Waals surface area contributed by atoms with Gasteiger partial charge in [0.05, 0.1) is 20.5 Å². The molecule has 1 aromatic heterocycles. The maximum atomic E-state index is 12.6. The Hall–Kier alpha value is -2.20. The maximum Gasteiger partial charge on any atom is 0.338 e. The van der Waals surface area contributed by atoms with E-state index in [0.717, 1.165) is 0 Å². The number of rotatable bonds is 8. The van der Waals surface area contributed by atoms with Crippen molar-refractivity contribution < 1.29 is 22.7 Å². The third kappa shape index (κ3) is 5.89. The molecule has 8 nitrogen and oxygen atoms in total. The minimum absolute atomic E-state index is 0.00804. The Labute approximate surface area is 178 Å². The topological polar surface area (TPSA) is 106 Å². The Morgan fingerprint density at radius 1 is 1.17 bits per heavy atom. The smallest absolute Gasteiger partial charge is 0.338 e. The van der Waals surface area contributed by atoms with Gasteiger partial charge in [0.2, 0.25) is 10.0 Å². The molecule has 0 unspecified atom stereocenters. The molecular formula is C18H19Cl2N3O5S. The molecule has 156 valence electrons. The highest BCUT2D eigenvalue weighted by Gasteiger charge is 2.23. The molecule has 0 saturated heterocycles. The normalized spacial score (nSPS) is 11.3. The summed E-state index contributed by atoms with van der Waals surface area (Å²) in [4.78, 5) is 28.0. The first-order chi connectivity index (χ1) is 13.7. The van der Waals surface area contributed by atoms with Crippen LogP contribution in [0.4, 0.5) is 5.82 Å². The number of hydrogen-bond donors (Lipinski definition) is 1. The number of halogens is 2. The first-order valence-electron chi connectivity index (χ1n) is 8.57. The Balaban J connectivity index is 2.05. The van der Waals surface area contributed by atoms with Crippen LogP contribution in [-0.2, 0) is 19.6 Å². The molecular weight excluding hydrogens is 441 g/mol. The van der Waals surface area contributed by atoms with Gasteiger partial charge in [0.25, 0.3) is 5.91 Å². The van der Waals surface area contributed by atoms with E-state index in [1.807, 2.05) is 0 Å². The average Bonchev–Trinajstić information content (AvgIpc) is 2.69. The monoisotopic (exact) mass is 459 g/mol. The van der Waals surface area contributed by atoms with Crippen LogP contribution in [0.15, 0.2) is 41.4 Å². The zero-order valence-electron chi connectivity index (χ0n) is 15.7. The highest BCUT2D eigenvalue weighted by molar-refractivity contribution is 7.89. The van der Waals surface area contributed by atoms with Crippen LogP contribution in [0.1, 0.15) is 24.2 Å². The van der Waals surface area contributed by atoms with E-state index in [9.17, 15) is 18.0 Å². The Bertz CT molecular complexity index is 1010. The van der Waals surface area contributed by atoms with Crippen molar-refractivity contribution in [1.82, 2.24) is 9.29 Å². The van der Waals surface area contributed by atoms with E-state index >= 15 is 0 Å². The Morgan fingerprint density at radius 2 is 1.86 bits per heavy atom. The molecule has 0 fully saturated rings. The lowest BCUT2D eigenvalue weighted by molar-refractivity contribution is -0.119. The predicted molar refractivity (Wildman–Crippen MR) is 110 cm³/mol. The summed E-state index contributed by atoms with van der Waals surface area (Å²) in [5.74, 6) is -1.43. The van der Waals surface area contributed by atoms with Gasteiger partial charge in [0.1, 0.15) is 0 Å². The van der Waals surface area contributed by atoms with Gasteiger partial charge in [-0.1, -0.05) is 43.1 Å². The minimum Gasteiger partial charge on any atom is -0.452 e. The van der Waals surface area contributed by atoms with Gasteiger partial charge in [-0.15, -0.1) is 0 Å². The highest BCUT2D eigenvalue weighted by Crippen LogP contribution is 2.22. The maximum absolute atomic E-state index is 12.6. The number of ether oxygens (including phenoxy) is 1. The van der Waals surface area contributed by atoms with E-state index in [1.165, 1.54) is 40.8 Å². The first kappa shape index (κ1) is 23.1. The van der Waals surface area contributed by atoms with Crippen LogP contribution in [0.3, 0.4) is 0 Å². The second kappa shape index (κ2) is 10.0. The minimum atomic E-state index is -3.72. The summed E-state index contributed by atoms with van der Waals surface area (Å²) in [5.41, 5.74) is 0.00804. The fourth-order valence-corrected chi connectivity index (χ4v) is 4.32. The molecule has 1 heterocycles. The molecule has 11 heteroatoms. The number of anilines is 1. The highest BCUT2D eigenvalue weighted by atomic mass is 35.5. The number of carbonyl (C=O) groups excluding carboxylic acids is 2. The van der Waals surface area contributed by atoms with Crippen LogP contribution in [0, 0.1) is 0 Å². The summed E-state index contributed by atoms with van der Waals surface area (Å²) in [6, 6.07) is 6.85. The van der Waals surface area contributed by atoms with Crippen molar-refractivity contribution in [2.45, 2.75) is 18.7 Å². The number of amides is 1. The first-order valence-corrected chi connectivity index (χ1v) is 10.8. The van der Waals surface area contributed by atoms with Gasteiger partial charge in [0, 0.05) is 19.3 Å². The molecule has 0 aliphatic carbocycles. The van der Waals surface area contributed by atoms with Crippen LogP contribution >= 0.6 is 23.2 Å². The van der Waals surface area contributed by atoms with Crippen molar-refractivity contribution in [3.8, 4) is 0 Å². The number of nitrogens with zero attached hydrogens (tertiary/aromatic N) is 2. The zero-order valence-corrected chi connectivity index (χ0v) is 18.0. The second-order valence-electron chi connectivity index (χ2n) is 5.73. The molecule has 1 N–H and O–H groups in total. The standard InChI is InChI=1S/C18H19Cl2N3O5S/c1-3-23(4-2)29(26,27)14-7-5-6-12(8-14)18(25)28-11-16(24)22-17-15(20)9-13(19)10-21-17/h5-10H,3-4,11H2,1-2H3,(H,21,22,24). The number of pyridine rings is 1. The van der Waals surface area contributed by atoms with Crippen molar-refractivity contribution in [3.63, 3.8) is 0 Å². The third-order valence-corrected chi connectivity index (χ3v) is 6.35. The number of aromatic nitrogens is 1. The quantitative estimate of drug-likeness (QED) is 0.607. The van der Waals surface area contributed by atoms with Crippen molar-refractivity contribution in [3.05, 3.63) is 52.1 Å². The Kier molecular flexibility index (Phi) is 7.97. The third-order valence-electron chi connectivity index (χ3n) is 3.81. The molecule has 0 spiro atoms. The lowest BCUT2D eigenvalue weighted by atomic mass is 10.2. The number of sulfonamides is 1. The van der Waals surface area contributed by atoms with Crippen LogP contribution < -0.4 is 5.32 Å². The van der Waals surface area contributed by atoms with Gasteiger partial charge in [-0.2, -0.15) is 4.31 Å². The average molecular weight is 460 g/mol. The largest absolute Gasteiger partial charge is 0.452 e. The molecule has 0 atom stereocenters. The lowest BCUT2D eigenvalue weighted by Gasteiger charge is -2.18. The summed E-state index contributed by atoms with van der Waals surface area (Å²) in [6.45, 7) is 3.44. The summed E-state index contributed by atoms with van der Waals surface area (Å²) in [5, 5.41) is 2.83. The zero-order chi connectivity index (χ0) is 21.6. The lowest BCUT2D eigenvalue weighted by Crippen LogP contribution is -2.30. The van der Waals surface area contributed by atoms with E-state index in [4.69, 9.17) is 27.9 Å². The van der Waals surface area contributed by atoms with E-state index in [-0.39, 0.29) is 21.3 Å². The molecule has 1 aromatic carbocycles. The number of nitrogens with one attached hydrogen (secondary N) is 1. The SMILES string of the molecule is CCN(CC)S(=O)(=O)c1cccc(C(=O)OCC(=O)Nc2ncc(Cl)cc2Cl)c1. The molecule has 2 rings (SSSR count). The van der Waals surface area contributed by atoms with Gasteiger partial charge in [-0.05, 0) is 24.3 Å². The predicted octanol–water partition coefficient (Wildman–Crippen LogP) is 3.21. The fraction of sp³-hybridized carbons (Fsp3) is 0.278. The molecule has 0 aliphatic heterocycles. The number of esters is 1. The van der Waals surface area contributed by atoms with Crippen molar-refractivity contribution in [2.75, 3.05) is 25.0 Å². The van der Waals surface area contributed by atoms with E-state index < -0.39 is 28.5 Å². The molecule has 29 heavy (non-hydrogen) atoms. The van der Waals surface area contributed by atoms with E-state index in [0.29, 0.717) is 18.1 Å². The summed E-state index contributed by atoms with van der Waals surface area (Å²) in [6.07, 6.45) is 1.30. The van der Waals surface area contributed by atoms with Crippen molar-refractivity contribution in [1.29, 1.82) is 0 Å². The molecule has 1 amide bonds. The number of benzene rings is 1. The summed E-state index contributed by atoms with van der Waals surface area (Å²) in [7, 11) is -3.72. The molecule has 0 radical (unpaired) electrons. The molecule has 0 bridgehead atoms. The number of hydrogen-bond acceptors (Lipinski definition) is 6. The van der Waals surface area contributed by atoms with Gasteiger partial charge < -0.3 is 10.1 Å². The van der Waals surface area contributed by atoms with Gasteiger partial charge in [0.15, 0.2) is 12.4 Å². The number of carbonyl (C=O) groups is 2. The van der Waals surface area contributed by atoms with E-state index in [1.54, 1.807) is 13.8 Å². The van der Waals surface area contributed by atoms with Crippen LogP contribution in [-0.4, -0.2) is 49.3 Å². The molecule has 2 aromatic rings. The van der Waals surface area contributed by atoms with Crippen LogP contribution in [0.25, 0.3) is 0 Å². The van der Waals surface area contributed by atoms with Crippen LogP contribution in [0.5, 0.6) is 0 Å². The van der Waals surface area contributed by atoms with E-state index in [2.05, 4.69) is 10.3 Å². The molecule has 0 aliphatic rings. The second-order valence-corrected chi connectivity index (χ2v) is 8.51. The van der Waals surface area contributed by atoms with Crippen molar-refractivity contribution >= 4 is 50.9 Å². The Morgan fingerprint density at radius 3 is 2.48 bits per heavy atom. The van der Waals surface area contributed by atoms with Crippen LogP contribution in [0.2, 0.25) is 10.0 Å². The summed E-state index contributed by atoms with van der Waals surface area (Å²) < 4.78 is 31.4. The van der Waals surface area contributed by atoms with Gasteiger partial charge in [-0.3, -0.25) is 4.79 Å². The van der Waals surface area contributed by atoms with Crippen molar-refractivity contribution in [2.24, 2.45) is 0 Å². The molecule has 0 saturated carbocycles. The van der Waals surface area contributed by atoms with Gasteiger partial charge in [-0.25, -0.2) is 18.2 Å². The van der Waals surface area contributed by atoms with Gasteiger partial charge >= 0.3 is 5.97 Å². The fourth-order valence-electron chi connectivity index (χ4n) is 2.39.